The van der Waals surface area contributed by atoms with Crippen LogP contribution in [0.25, 0.3) is 10.8 Å². The summed E-state index contributed by atoms with van der Waals surface area (Å²) in [5.41, 5.74) is 2.30. The quantitative estimate of drug-likeness (QED) is 0.233. The van der Waals surface area contributed by atoms with Crippen molar-refractivity contribution in [3.05, 3.63) is 89.5 Å². The lowest BCUT2D eigenvalue weighted by Gasteiger charge is -2.51. The molecular formula is C37H35Cl2N3O5. The fourth-order valence-electron chi connectivity index (χ4n) is 9.21. The number of likely N-dealkylation sites (tertiary alicyclic amines) is 3. The van der Waals surface area contributed by atoms with E-state index in [4.69, 9.17) is 23.2 Å². The first-order valence-corrected chi connectivity index (χ1v) is 17.1. The summed E-state index contributed by atoms with van der Waals surface area (Å²) >= 11 is 14.7. The molecule has 2 aliphatic carbocycles. The molecule has 0 aromatic heterocycles. The van der Waals surface area contributed by atoms with Crippen LogP contribution in [0.3, 0.4) is 0 Å². The average molecular weight is 673 g/mol. The highest BCUT2D eigenvalue weighted by atomic mass is 35.5. The number of hydrogen-bond acceptors (Lipinski definition) is 6. The SMILES string of the molecule is CN1C(=O)[C@]2(Cl)C[C@@H]3C(=CC[C@@H]4C(=O)N(C5CCN(Cc6ccccc6)CC5)C(=O)[C@@H]43)[C@H](c3c(O)ccc4ccccc34)[C@]2(Cl)C1=O. The number of benzene rings is 3. The number of aromatic hydroxyl groups is 1. The van der Waals surface area contributed by atoms with Gasteiger partial charge in [0.25, 0.3) is 11.8 Å². The number of fused-ring (bicyclic) bond motifs is 5. The van der Waals surface area contributed by atoms with Gasteiger partial charge in [0.15, 0.2) is 9.75 Å². The Labute approximate surface area is 282 Å². The molecule has 47 heavy (non-hydrogen) atoms. The maximum Gasteiger partial charge on any atom is 0.253 e. The first-order valence-electron chi connectivity index (χ1n) is 16.3. The molecule has 4 fully saturated rings. The maximum atomic E-state index is 14.5. The number of allylic oxidation sites excluding steroid dienone is 2. The zero-order valence-corrected chi connectivity index (χ0v) is 27.5. The third kappa shape index (κ3) is 4.23. The first kappa shape index (κ1) is 30.6. The van der Waals surface area contributed by atoms with Crippen LogP contribution in [0.15, 0.2) is 78.4 Å². The number of phenols is 1. The van der Waals surface area contributed by atoms with Crippen LogP contribution in [0.2, 0.25) is 0 Å². The summed E-state index contributed by atoms with van der Waals surface area (Å²) in [5.74, 6) is -4.74. The summed E-state index contributed by atoms with van der Waals surface area (Å²) in [6.45, 7) is 2.35. The molecule has 1 N–H and O–H groups in total. The molecule has 8 nitrogen and oxygen atoms in total. The predicted octanol–water partition coefficient (Wildman–Crippen LogP) is 5.20. The highest BCUT2D eigenvalue weighted by Gasteiger charge is 2.76. The molecule has 8 rings (SSSR count). The van der Waals surface area contributed by atoms with Crippen molar-refractivity contribution in [2.75, 3.05) is 20.1 Å². The van der Waals surface area contributed by atoms with Crippen LogP contribution in [0.4, 0.5) is 0 Å². The molecule has 1 saturated carbocycles. The van der Waals surface area contributed by atoms with E-state index in [1.54, 1.807) is 12.1 Å². The van der Waals surface area contributed by atoms with Crippen molar-refractivity contribution in [1.82, 2.24) is 14.7 Å². The first-order chi connectivity index (χ1) is 22.6. The average Bonchev–Trinajstić information content (AvgIpc) is 3.41. The normalized spacial score (nSPS) is 32.9. The van der Waals surface area contributed by atoms with Crippen LogP contribution in [0.5, 0.6) is 5.75 Å². The minimum absolute atomic E-state index is 0.0651. The Hall–Kier alpha value is -3.72. The van der Waals surface area contributed by atoms with Gasteiger partial charge < -0.3 is 5.11 Å². The third-order valence-corrected chi connectivity index (χ3v) is 12.9. The van der Waals surface area contributed by atoms with Gasteiger partial charge in [-0.1, -0.05) is 72.3 Å². The number of carbonyl (C=O) groups is 4. The molecule has 0 spiro atoms. The molecule has 0 unspecified atom stereocenters. The van der Waals surface area contributed by atoms with Crippen molar-refractivity contribution < 1.29 is 24.3 Å². The third-order valence-electron chi connectivity index (χ3n) is 11.5. The van der Waals surface area contributed by atoms with Crippen LogP contribution in [-0.4, -0.2) is 79.4 Å². The highest BCUT2D eigenvalue weighted by Crippen LogP contribution is 2.66. The monoisotopic (exact) mass is 671 g/mol. The Bertz CT molecular complexity index is 1870. The smallest absolute Gasteiger partial charge is 0.253 e. The fraction of sp³-hybridized carbons (Fsp3) is 0.405. The van der Waals surface area contributed by atoms with Gasteiger partial charge in [0.05, 0.1) is 11.8 Å². The second kappa shape index (κ2) is 10.9. The number of imide groups is 2. The number of piperidine rings is 1. The Morgan fingerprint density at radius 1 is 0.851 bits per heavy atom. The molecule has 6 atom stereocenters. The molecule has 3 aromatic rings. The van der Waals surface area contributed by atoms with Crippen molar-refractivity contribution >= 4 is 57.6 Å². The van der Waals surface area contributed by atoms with Gasteiger partial charge in [-0.25, -0.2) is 0 Å². The molecule has 3 aromatic carbocycles. The number of rotatable bonds is 4. The lowest BCUT2D eigenvalue weighted by atomic mass is 9.56. The molecular weight excluding hydrogens is 637 g/mol. The number of hydrogen-bond donors (Lipinski definition) is 1. The number of phenolic OH excluding ortho intramolecular Hbond substituents is 1. The molecule has 5 aliphatic rings. The molecule has 3 saturated heterocycles. The molecule has 0 bridgehead atoms. The Morgan fingerprint density at radius 3 is 2.30 bits per heavy atom. The minimum Gasteiger partial charge on any atom is -0.508 e. The van der Waals surface area contributed by atoms with Gasteiger partial charge in [-0.15, -0.1) is 23.2 Å². The minimum atomic E-state index is -1.95. The summed E-state index contributed by atoms with van der Waals surface area (Å²) in [4.78, 5) is 57.3. The van der Waals surface area contributed by atoms with Crippen molar-refractivity contribution in [1.29, 1.82) is 0 Å². The van der Waals surface area contributed by atoms with Crippen molar-refractivity contribution in [3.63, 3.8) is 0 Å². The number of carbonyl (C=O) groups excluding carboxylic acids is 4. The Balaban J connectivity index is 1.16. The molecule has 3 aliphatic heterocycles. The number of halogens is 2. The van der Waals surface area contributed by atoms with Crippen LogP contribution < -0.4 is 0 Å². The van der Waals surface area contributed by atoms with Gasteiger partial charge in [-0.2, -0.15) is 0 Å². The number of nitrogens with zero attached hydrogens (tertiary/aromatic N) is 3. The second-order valence-corrected chi connectivity index (χ2v) is 15.0. The van der Waals surface area contributed by atoms with Crippen molar-refractivity contribution in [2.24, 2.45) is 17.8 Å². The summed E-state index contributed by atoms with van der Waals surface area (Å²) in [5, 5.41) is 12.9. The molecule has 0 radical (unpaired) electrons. The van der Waals surface area contributed by atoms with Gasteiger partial charge in [-0.3, -0.25) is 33.9 Å². The van der Waals surface area contributed by atoms with E-state index in [0.717, 1.165) is 29.9 Å². The zero-order chi connectivity index (χ0) is 32.8. The van der Waals surface area contributed by atoms with Crippen molar-refractivity contribution in [2.45, 2.75) is 53.9 Å². The molecule has 10 heteroatoms. The van der Waals surface area contributed by atoms with Crippen LogP contribution in [-0.2, 0) is 25.7 Å². The second-order valence-electron chi connectivity index (χ2n) is 13.8. The largest absolute Gasteiger partial charge is 0.508 e. The fourth-order valence-corrected chi connectivity index (χ4v) is 10.2. The Morgan fingerprint density at radius 2 is 1.55 bits per heavy atom. The van der Waals surface area contributed by atoms with E-state index in [2.05, 4.69) is 17.0 Å². The van der Waals surface area contributed by atoms with Crippen LogP contribution in [0.1, 0.15) is 42.7 Å². The van der Waals surface area contributed by atoms with Gasteiger partial charge in [0.1, 0.15) is 5.75 Å². The maximum absolute atomic E-state index is 14.5. The van der Waals surface area contributed by atoms with E-state index >= 15 is 0 Å². The number of alkyl halides is 2. The van der Waals surface area contributed by atoms with E-state index in [-0.39, 0.29) is 30.0 Å². The van der Waals surface area contributed by atoms with Crippen molar-refractivity contribution in [3.8, 4) is 5.75 Å². The number of amides is 4. The lowest BCUT2D eigenvalue weighted by Crippen LogP contribution is -2.60. The van der Waals surface area contributed by atoms with Crippen LogP contribution >= 0.6 is 23.2 Å². The van der Waals surface area contributed by atoms with Gasteiger partial charge in [0, 0.05) is 44.2 Å². The topological polar surface area (TPSA) is 98.2 Å². The van der Waals surface area contributed by atoms with Gasteiger partial charge in [0.2, 0.25) is 11.8 Å². The summed E-state index contributed by atoms with van der Waals surface area (Å²) < 4.78 is 0. The predicted molar refractivity (Wildman–Crippen MR) is 178 cm³/mol. The summed E-state index contributed by atoms with van der Waals surface area (Å²) in [6, 6.07) is 20.8. The van der Waals surface area contributed by atoms with E-state index in [1.165, 1.54) is 17.5 Å². The van der Waals surface area contributed by atoms with Crippen LogP contribution in [0, 0.1) is 17.8 Å². The van der Waals surface area contributed by atoms with Gasteiger partial charge >= 0.3 is 0 Å². The molecule has 4 amide bonds. The molecule has 242 valence electrons. The lowest BCUT2D eigenvalue weighted by molar-refractivity contribution is -0.144. The van der Waals surface area contributed by atoms with E-state index in [0.29, 0.717) is 35.8 Å². The summed E-state index contributed by atoms with van der Waals surface area (Å²) in [6.07, 6.45) is 3.52. The van der Waals surface area contributed by atoms with Gasteiger partial charge in [-0.05, 0) is 54.0 Å². The highest BCUT2D eigenvalue weighted by molar-refractivity contribution is 6.53. The van der Waals surface area contributed by atoms with E-state index < -0.39 is 45.2 Å². The van der Waals surface area contributed by atoms with E-state index in [9.17, 15) is 24.3 Å². The summed E-state index contributed by atoms with van der Waals surface area (Å²) in [7, 11) is 1.37. The molecule has 3 heterocycles. The standard InChI is InChI=1S/C37H35Cl2N3O5/c1-40-34(46)36(38)19-27-25(31(37(36,39)35(40)47)30-24-10-6-5-9-22(24)11-14-28(30)43)12-13-26-29(27)33(45)42(32(26)44)23-15-17-41(18-16-23)20-21-7-3-2-4-8-21/h2-12,14,23,26-27,29,31,43H,13,15-20H2,1H3/t26-,27+,29-,31+,36+,37-/m0/s1. The van der Waals surface area contributed by atoms with E-state index in [1.807, 2.05) is 48.5 Å². The Kier molecular flexibility index (Phi) is 7.10. The zero-order valence-electron chi connectivity index (χ0n) is 25.9.